The molecule has 1 fully saturated rings. The van der Waals surface area contributed by atoms with Crippen LogP contribution in [0.2, 0.25) is 0 Å². The molecule has 2 N–H and O–H groups in total. The van der Waals surface area contributed by atoms with Crippen molar-refractivity contribution < 1.29 is 19.2 Å². The highest BCUT2D eigenvalue weighted by Gasteiger charge is 2.38. The maximum atomic E-state index is 13.3. The SMILES string of the molecule is O=C(Nc1ccccc1)C(=O)C(Cc1ccccc1)NC(=O)[C@H]1CCC(=O)N1Cc1ccccc1. The molecule has 178 valence electrons. The second kappa shape index (κ2) is 11.2. The minimum Gasteiger partial charge on any atom is -0.344 e. The summed E-state index contributed by atoms with van der Waals surface area (Å²) in [7, 11) is 0. The first-order valence-corrected chi connectivity index (χ1v) is 11.6. The lowest BCUT2D eigenvalue weighted by atomic mass is 10.0. The van der Waals surface area contributed by atoms with Gasteiger partial charge in [0.1, 0.15) is 12.1 Å². The summed E-state index contributed by atoms with van der Waals surface area (Å²) < 4.78 is 0. The van der Waals surface area contributed by atoms with Crippen molar-refractivity contribution in [3.8, 4) is 0 Å². The average Bonchev–Trinajstić information content (AvgIpc) is 3.25. The van der Waals surface area contributed by atoms with Gasteiger partial charge in [0, 0.05) is 25.1 Å². The van der Waals surface area contributed by atoms with Crippen molar-refractivity contribution in [2.75, 3.05) is 5.32 Å². The van der Waals surface area contributed by atoms with E-state index in [1.54, 1.807) is 35.2 Å². The largest absolute Gasteiger partial charge is 0.344 e. The Morgan fingerprint density at radius 2 is 1.40 bits per heavy atom. The number of hydrogen-bond acceptors (Lipinski definition) is 4. The number of hydrogen-bond donors (Lipinski definition) is 2. The van der Waals surface area contributed by atoms with E-state index >= 15 is 0 Å². The van der Waals surface area contributed by atoms with Gasteiger partial charge in [-0.2, -0.15) is 0 Å². The zero-order chi connectivity index (χ0) is 24.6. The van der Waals surface area contributed by atoms with Gasteiger partial charge in [-0.05, 0) is 29.7 Å². The number of nitrogens with zero attached hydrogens (tertiary/aromatic N) is 1. The van der Waals surface area contributed by atoms with Gasteiger partial charge in [-0.25, -0.2) is 0 Å². The fourth-order valence-electron chi connectivity index (χ4n) is 4.18. The van der Waals surface area contributed by atoms with Crippen molar-refractivity contribution in [2.24, 2.45) is 0 Å². The third kappa shape index (κ3) is 6.20. The molecule has 1 unspecified atom stereocenters. The summed E-state index contributed by atoms with van der Waals surface area (Å²) in [6, 6.07) is 25.5. The van der Waals surface area contributed by atoms with Gasteiger partial charge in [0.15, 0.2) is 0 Å². The molecule has 2 atom stereocenters. The van der Waals surface area contributed by atoms with Crippen LogP contribution in [-0.4, -0.2) is 40.5 Å². The molecule has 35 heavy (non-hydrogen) atoms. The lowest BCUT2D eigenvalue weighted by Crippen LogP contribution is -2.52. The van der Waals surface area contributed by atoms with Crippen LogP contribution in [-0.2, 0) is 32.1 Å². The van der Waals surface area contributed by atoms with Crippen LogP contribution in [0.1, 0.15) is 24.0 Å². The molecule has 0 spiro atoms. The predicted molar refractivity (Wildman–Crippen MR) is 132 cm³/mol. The Labute approximate surface area is 204 Å². The van der Waals surface area contributed by atoms with E-state index in [9.17, 15) is 19.2 Å². The number of benzene rings is 3. The van der Waals surface area contributed by atoms with E-state index in [1.165, 1.54) is 0 Å². The van der Waals surface area contributed by atoms with Gasteiger partial charge in [0.2, 0.25) is 17.6 Å². The standard InChI is InChI=1S/C28H27N3O4/c32-25-17-16-24(31(25)19-21-12-6-2-7-13-21)27(34)30-23(18-20-10-4-1-5-11-20)26(33)28(35)29-22-14-8-3-9-15-22/h1-15,23-24H,16-19H2,(H,29,35)(H,30,34)/t23?,24-/m1/s1. The molecule has 1 aliphatic rings. The second-order valence-electron chi connectivity index (χ2n) is 8.50. The number of ketones is 1. The first-order chi connectivity index (χ1) is 17.0. The molecule has 4 rings (SSSR count). The quantitative estimate of drug-likeness (QED) is 0.471. The predicted octanol–water partition coefficient (Wildman–Crippen LogP) is 3.11. The number of Topliss-reactive ketones (excluding diaryl/α,β-unsaturated/α-hetero) is 1. The molecule has 1 saturated heterocycles. The number of para-hydroxylation sites is 1. The van der Waals surface area contributed by atoms with Crippen LogP contribution in [0.3, 0.4) is 0 Å². The second-order valence-corrected chi connectivity index (χ2v) is 8.50. The summed E-state index contributed by atoms with van der Waals surface area (Å²) in [6.45, 7) is 0.309. The number of amides is 3. The van der Waals surface area contributed by atoms with E-state index in [2.05, 4.69) is 10.6 Å². The third-order valence-electron chi connectivity index (χ3n) is 6.00. The Balaban J connectivity index is 1.50. The molecule has 3 aromatic rings. The van der Waals surface area contributed by atoms with Crippen LogP contribution >= 0.6 is 0 Å². The van der Waals surface area contributed by atoms with Crippen LogP contribution in [0.25, 0.3) is 0 Å². The molecule has 0 aliphatic carbocycles. The average molecular weight is 470 g/mol. The first kappa shape index (κ1) is 23.9. The molecule has 7 nitrogen and oxygen atoms in total. The third-order valence-corrected chi connectivity index (χ3v) is 6.00. The summed E-state index contributed by atoms with van der Waals surface area (Å²) in [4.78, 5) is 53.2. The zero-order valence-electron chi connectivity index (χ0n) is 19.2. The van der Waals surface area contributed by atoms with Crippen LogP contribution in [0.15, 0.2) is 91.0 Å². The minimum atomic E-state index is -1.07. The Morgan fingerprint density at radius 1 is 0.829 bits per heavy atom. The highest BCUT2D eigenvalue weighted by molar-refractivity contribution is 6.42. The smallest absolute Gasteiger partial charge is 0.293 e. The fraction of sp³-hybridized carbons (Fsp3) is 0.214. The highest BCUT2D eigenvalue weighted by Crippen LogP contribution is 2.22. The number of anilines is 1. The van der Waals surface area contributed by atoms with Gasteiger partial charge in [0.05, 0.1) is 0 Å². The van der Waals surface area contributed by atoms with Crippen LogP contribution < -0.4 is 10.6 Å². The van der Waals surface area contributed by atoms with E-state index in [0.29, 0.717) is 18.7 Å². The van der Waals surface area contributed by atoms with Crippen LogP contribution in [0.5, 0.6) is 0 Å². The van der Waals surface area contributed by atoms with E-state index in [-0.39, 0.29) is 18.7 Å². The topological polar surface area (TPSA) is 95.6 Å². The van der Waals surface area contributed by atoms with Crippen molar-refractivity contribution >= 4 is 29.2 Å². The number of carbonyl (C=O) groups is 4. The van der Waals surface area contributed by atoms with Crippen molar-refractivity contribution in [3.05, 3.63) is 102 Å². The Hall–Kier alpha value is -4.26. The Morgan fingerprint density at radius 3 is 2.03 bits per heavy atom. The molecule has 0 radical (unpaired) electrons. The first-order valence-electron chi connectivity index (χ1n) is 11.6. The Kier molecular flexibility index (Phi) is 7.67. The molecule has 1 aliphatic heterocycles. The lowest BCUT2D eigenvalue weighted by Gasteiger charge is -2.26. The lowest BCUT2D eigenvalue weighted by molar-refractivity contribution is -0.139. The number of nitrogens with one attached hydrogen (secondary N) is 2. The van der Waals surface area contributed by atoms with E-state index in [4.69, 9.17) is 0 Å². The summed E-state index contributed by atoms with van der Waals surface area (Å²) in [5, 5.41) is 5.36. The van der Waals surface area contributed by atoms with Gasteiger partial charge < -0.3 is 15.5 Å². The molecular weight excluding hydrogens is 442 g/mol. The van der Waals surface area contributed by atoms with Gasteiger partial charge >= 0.3 is 0 Å². The van der Waals surface area contributed by atoms with Crippen molar-refractivity contribution in [1.29, 1.82) is 0 Å². The van der Waals surface area contributed by atoms with Crippen molar-refractivity contribution in [1.82, 2.24) is 10.2 Å². The van der Waals surface area contributed by atoms with Crippen LogP contribution in [0.4, 0.5) is 5.69 Å². The van der Waals surface area contributed by atoms with Crippen LogP contribution in [0, 0.1) is 0 Å². The number of likely N-dealkylation sites (tertiary alicyclic amines) is 1. The maximum Gasteiger partial charge on any atom is 0.293 e. The molecule has 0 aromatic heterocycles. The summed E-state index contributed by atoms with van der Waals surface area (Å²) in [5.74, 6) is -2.10. The molecule has 3 aromatic carbocycles. The van der Waals surface area contributed by atoms with Crippen molar-refractivity contribution in [2.45, 2.75) is 37.9 Å². The normalized spacial score (nSPS) is 15.9. The van der Waals surface area contributed by atoms with E-state index < -0.39 is 29.7 Å². The molecule has 0 saturated carbocycles. The van der Waals surface area contributed by atoms with Gasteiger partial charge in [-0.1, -0.05) is 78.9 Å². The zero-order valence-corrected chi connectivity index (χ0v) is 19.2. The highest BCUT2D eigenvalue weighted by atomic mass is 16.2. The molecule has 7 heteroatoms. The Bertz CT molecular complexity index is 1180. The van der Waals surface area contributed by atoms with Gasteiger partial charge in [0.25, 0.3) is 5.91 Å². The summed E-state index contributed by atoms with van der Waals surface area (Å²) >= 11 is 0. The molecule has 0 bridgehead atoms. The van der Waals surface area contributed by atoms with Gasteiger partial charge in [-0.15, -0.1) is 0 Å². The van der Waals surface area contributed by atoms with Crippen molar-refractivity contribution in [3.63, 3.8) is 0 Å². The summed E-state index contributed by atoms with van der Waals surface area (Å²) in [5.41, 5.74) is 2.22. The molecular formula is C28H27N3O4. The van der Waals surface area contributed by atoms with E-state index in [0.717, 1.165) is 11.1 Å². The molecule has 1 heterocycles. The summed E-state index contributed by atoms with van der Waals surface area (Å²) in [6.07, 6.45) is 0.781. The monoisotopic (exact) mass is 469 g/mol. The number of carbonyl (C=O) groups excluding carboxylic acids is 4. The van der Waals surface area contributed by atoms with Gasteiger partial charge in [-0.3, -0.25) is 19.2 Å². The number of rotatable bonds is 9. The molecule has 3 amide bonds. The van der Waals surface area contributed by atoms with E-state index in [1.807, 2.05) is 60.7 Å². The minimum absolute atomic E-state index is 0.109. The maximum absolute atomic E-state index is 13.3. The fourth-order valence-corrected chi connectivity index (χ4v) is 4.18.